The Morgan fingerprint density at radius 3 is 2.38 bits per heavy atom. The molecule has 3 N–H and O–H groups in total. The first-order chi connectivity index (χ1) is 11.5. The molecule has 4 bridgehead atoms. The number of carbonyl (C=O) groups is 2. The van der Waals surface area contributed by atoms with Crippen molar-refractivity contribution >= 4 is 23.2 Å². The second-order valence-corrected chi connectivity index (χ2v) is 8.96. The zero-order chi connectivity index (χ0) is 16.9. The summed E-state index contributed by atoms with van der Waals surface area (Å²) >= 11 is 1.19. The average molecular weight is 349 g/mol. The Labute approximate surface area is 145 Å². The second-order valence-electron chi connectivity index (χ2n) is 7.90. The van der Waals surface area contributed by atoms with Gasteiger partial charge in [-0.05, 0) is 63.2 Å². The van der Waals surface area contributed by atoms with Crippen molar-refractivity contribution in [2.75, 3.05) is 0 Å². The van der Waals surface area contributed by atoms with Crippen molar-refractivity contribution in [1.29, 1.82) is 0 Å². The average Bonchev–Trinajstić information content (AvgIpc) is 3.03. The van der Waals surface area contributed by atoms with E-state index in [0.717, 1.165) is 37.0 Å². The van der Waals surface area contributed by atoms with Crippen LogP contribution >= 0.6 is 11.3 Å². The molecule has 4 aliphatic carbocycles. The van der Waals surface area contributed by atoms with Crippen LogP contribution < -0.4 is 10.8 Å². The smallest absolute Gasteiger partial charge is 0.286 e. The van der Waals surface area contributed by atoms with Gasteiger partial charge in [0.15, 0.2) is 0 Å². The van der Waals surface area contributed by atoms with Gasteiger partial charge in [-0.15, -0.1) is 11.3 Å². The number of thiazole rings is 1. The number of hydrogen-bond donors (Lipinski definition) is 3. The molecule has 1 aromatic heterocycles. The molecule has 0 saturated heterocycles. The molecule has 1 heterocycles. The number of nitrogens with one attached hydrogen (secondary N) is 2. The van der Waals surface area contributed by atoms with E-state index < -0.39 is 5.91 Å². The number of carbonyl (C=O) groups excluding carboxylic acids is 2. The van der Waals surface area contributed by atoms with Gasteiger partial charge in [0.2, 0.25) is 5.91 Å². The minimum atomic E-state index is -0.571. The topological polar surface area (TPSA) is 91.3 Å². The fourth-order valence-corrected chi connectivity index (χ4v) is 6.26. The van der Waals surface area contributed by atoms with E-state index in [9.17, 15) is 9.59 Å². The Hall–Kier alpha value is -1.47. The lowest BCUT2D eigenvalue weighted by Gasteiger charge is -2.55. The number of rotatable bonds is 4. The summed E-state index contributed by atoms with van der Waals surface area (Å²) in [5, 5.41) is 12.5. The van der Waals surface area contributed by atoms with Crippen LogP contribution in [-0.2, 0) is 4.79 Å². The van der Waals surface area contributed by atoms with E-state index in [2.05, 4.69) is 10.3 Å². The third kappa shape index (κ3) is 2.63. The highest BCUT2D eigenvalue weighted by molar-refractivity contribution is 7.13. The number of nitrogens with zero attached hydrogens (tertiary/aromatic N) is 1. The van der Waals surface area contributed by atoms with Gasteiger partial charge in [-0.1, -0.05) is 0 Å². The highest BCUT2D eigenvalue weighted by Gasteiger charge is 2.54. The fourth-order valence-electron chi connectivity index (χ4n) is 5.45. The van der Waals surface area contributed by atoms with Crippen LogP contribution in [0.3, 0.4) is 0 Å². The Morgan fingerprint density at radius 2 is 1.83 bits per heavy atom. The Morgan fingerprint density at radius 1 is 1.25 bits per heavy atom. The van der Waals surface area contributed by atoms with Gasteiger partial charge in [-0.3, -0.25) is 14.8 Å². The minimum Gasteiger partial charge on any atom is -0.347 e. The van der Waals surface area contributed by atoms with E-state index >= 15 is 0 Å². The van der Waals surface area contributed by atoms with Gasteiger partial charge in [0.1, 0.15) is 9.88 Å². The molecular weight excluding hydrogens is 326 g/mol. The monoisotopic (exact) mass is 349 g/mol. The summed E-state index contributed by atoms with van der Waals surface area (Å²) < 4.78 is 0. The predicted octanol–water partition coefficient (Wildman–Crippen LogP) is 2.66. The van der Waals surface area contributed by atoms with Gasteiger partial charge in [-0.25, -0.2) is 10.5 Å². The van der Waals surface area contributed by atoms with E-state index in [-0.39, 0.29) is 17.4 Å². The number of amides is 2. The molecule has 4 saturated carbocycles. The second kappa shape index (κ2) is 5.81. The van der Waals surface area contributed by atoms with Crippen LogP contribution in [-0.4, -0.2) is 22.0 Å². The molecule has 130 valence electrons. The zero-order valence-electron chi connectivity index (χ0n) is 13.7. The number of hydrogen-bond acceptors (Lipinski definition) is 5. The summed E-state index contributed by atoms with van der Waals surface area (Å²) in [5.41, 5.74) is 1.43. The molecule has 4 fully saturated rings. The molecule has 4 aliphatic rings. The SMILES string of the molecule is C[C@H](NC(=O)C12CC3CC(CC(C3)C1)C2)c1ncc(C(=O)NO)s1. The lowest BCUT2D eigenvalue weighted by Crippen LogP contribution is -2.53. The lowest BCUT2D eigenvalue weighted by molar-refractivity contribution is -0.147. The third-order valence-corrected chi connectivity index (χ3v) is 7.27. The maximum Gasteiger partial charge on any atom is 0.286 e. The Bertz CT molecular complexity index is 637. The molecule has 1 atom stereocenters. The Balaban J connectivity index is 1.46. The van der Waals surface area contributed by atoms with Crippen molar-refractivity contribution in [2.24, 2.45) is 23.2 Å². The zero-order valence-corrected chi connectivity index (χ0v) is 14.6. The summed E-state index contributed by atoms with van der Waals surface area (Å²) in [6.07, 6.45) is 8.48. The van der Waals surface area contributed by atoms with Gasteiger partial charge < -0.3 is 5.32 Å². The molecule has 24 heavy (non-hydrogen) atoms. The quantitative estimate of drug-likeness (QED) is 0.576. The van der Waals surface area contributed by atoms with E-state index in [1.165, 1.54) is 36.8 Å². The normalized spacial score (nSPS) is 34.8. The number of aromatic nitrogens is 1. The van der Waals surface area contributed by atoms with E-state index in [1.54, 1.807) is 5.48 Å². The molecule has 7 heteroatoms. The van der Waals surface area contributed by atoms with Crippen molar-refractivity contribution in [3.05, 3.63) is 16.1 Å². The van der Waals surface area contributed by atoms with Crippen LogP contribution in [0, 0.1) is 23.2 Å². The first kappa shape index (κ1) is 16.0. The summed E-state index contributed by atoms with van der Waals surface area (Å²) in [7, 11) is 0. The molecule has 1 aromatic rings. The van der Waals surface area contributed by atoms with Gasteiger partial charge in [0.25, 0.3) is 5.91 Å². The van der Waals surface area contributed by atoms with Crippen LogP contribution in [0.15, 0.2) is 6.20 Å². The predicted molar refractivity (Wildman–Crippen MR) is 88.5 cm³/mol. The van der Waals surface area contributed by atoms with Crippen LogP contribution in [0.4, 0.5) is 0 Å². The first-order valence-corrected chi connectivity index (χ1v) is 9.52. The molecule has 0 aromatic carbocycles. The molecule has 0 aliphatic heterocycles. The third-order valence-electron chi connectivity index (χ3n) is 6.09. The van der Waals surface area contributed by atoms with Crippen LogP contribution in [0.5, 0.6) is 0 Å². The lowest BCUT2D eigenvalue weighted by atomic mass is 9.49. The van der Waals surface area contributed by atoms with Gasteiger partial charge in [0, 0.05) is 5.41 Å². The van der Waals surface area contributed by atoms with Crippen LogP contribution in [0.1, 0.15) is 66.2 Å². The molecular formula is C17H23N3O3S. The Kier molecular flexibility index (Phi) is 3.88. The first-order valence-electron chi connectivity index (χ1n) is 8.70. The molecule has 6 nitrogen and oxygen atoms in total. The summed E-state index contributed by atoms with van der Waals surface area (Å²) in [4.78, 5) is 29.0. The maximum absolute atomic E-state index is 13.0. The van der Waals surface area contributed by atoms with Gasteiger partial charge in [-0.2, -0.15) is 0 Å². The summed E-state index contributed by atoms with van der Waals surface area (Å²) in [5.74, 6) is 1.79. The summed E-state index contributed by atoms with van der Waals surface area (Å²) in [6, 6.07) is -0.226. The molecule has 2 amide bonds. The minimum absolute atomic E-state index is 0.164. The van der Waals surface area contributed by atoms with E-state index in [1.807, 2.05) is 6.92 Å². The maximum atomic E-state index is 13.0. The van der Waals surface area contributed by atoms with Crippen LogP contribution in [0.2, 0.25) is 0 Å². The van der Waals surface area contributed by atoms with Gasteiger partial charge in [0.05, 0.1) is 12.2 Å². The number of hydroxylamine groups is 1. The molecule has 0 unspecified atom stereocenters. The van der Waals surface area contributed by atoms with Crippen molar-refractivity contribution in [2.45, 2.75) is 51.5 Å². The standard InChI is InChI=1S/C17H23N3O3S/c1-9(15-18-8-13(24-15)14(21)20-23)19-16(22)17-5-10-2-11(6-17)4-12(3-10)7-17/h8-12,23H,2-7H2,1H3,(H,19,22)(H,20,21)/t9-,10?,11?,12?,17?/m0/s1. The molecule has 5 rings (SSSR count). The van der Waals surface area contributed by atoms with Gasteiger partial charge >= 0.3 is 0 Å². The van der Waals surface area contributed by atoms with Crippen molar-refractivity contribution < 1.29 is 14.8 Å². The highest BCUT2D eigenvalue weighted by Crippen LogP contribution is 2.60. The largest absolute Gasteiger partial charge is 0.347 e. The van der Waals surface area contributed by atoms with Crippen LogP contribution in [0.25, 0.3) is 0 Å². The fraction of sp³-hybridized carbons (Fsp3) is 0.706. The van der Waals surface area contributed by atoms with Crippen molar-refractivity contribution in [3.63, 3.8) is 0 Å². The molecule has 0 spiro atoms. The molecule has 0 radical (unpaired) electrons. The highest BCUT2D eigenvalue weighted by atomic mass is 32.1. The van der Waals surface area contributed by atoms with E-state index in [4.69, 9.17) is 5.21 Å². The van der Waals surface area contributed by atoms with Crippen molar-refractivity contribution in [1.82, 2.24) is 15.8 Å². The van der Waals surface area contributed by atoms with E-state index in [0.29, 0.717) is 9.88 Å². The van der Waals surface area contributed by atoms with Crippen molar-refractivity contribution in [3.8, 4) is 0 Å². The summed E-state index contributed by atoms with van der Waals surface area (Å²) in [6.45, 7) is 1.90.